The van der Waals surface area contributed by atoms with Gasteiger partial charge in [-0.05, 0) is 56.6 Å². The molecule has 0 aliphatic carbocycles. The second kappa shape index (κ2) is 11.4. The minimum atomic E-state index is -1.97. The summed E-state index contributed by atoms with van der Waals surface area (Å²) in [6.07, 6.45) is 4.25. The lowest BCUT2D eigenvalue weighted by Gasteiger charge is -2.40. The Hall–Kier alpha value is -0.993. The van der Waals surface area contributed by atoms with Crippen LogP contribution in [0.2, 0.25) is 28.2 Å². The van der Waals surface area contributed by atoms with Gasteiger partial charge in [-0.3, -0.25) is 0 Å². The monoisotopic (exact) mass is 516 g/mol. The fourth-order valence-electron chi connectivity index (χ4n) is 3.04. The van der Waals surface area contributed by atoms with Crippen molar-refractivity contribution in [3.05, 3.63) is 46.5 Å². The van der Waals surface area contributed by atoms with Gasteiger partial charge in [-0.15, -0.1) is 11.8 Å². The molecule has 0 aliphatic heterocycles. The normalized spacial score (nSPS) is 14.3. The maximum Gasteiger partial charge on any atom is 0.358 e. The summed E-state index contributed by atoms with van der Waals surface area (Å²) in [5, 5.41) is 1.21. The van der Waals surface area contributed by atoms with E-state index >= 15 is 0 Å². The van der Waals surface area contributed by atoms with E-state index in [2.05, 4.69) is 45.8 Å². The van der Waals surface area contributed by atoms with Crippen LogP contribution in [0.15, 0.2) is 35.6 Å². The fraction of sp³-hybridized carbons (Fsp3) is 0.565. The minimum absolute atomic E-state index is 0.0232. The molecular weight excluding hydrogens is 483 g/mol. The van der Waals surface area contributed by atoms with E-state index in [1.54, 1.807) is 31.2 Å². The van der Waals surface area contributed by atoms with Crippen molar-refractivity contribution < 1.29 is 14.0 Å². The second-order valence-electron chi connectivity index (χ2n) is 9.29. The number of aromatic nitrogens is 2. The topological polar surface area (TPSA) is 53.4 Å². The van der Waals surface area contributed by atoms with Gasteiger partial charge in [-0.25, -0.2) is 9.78 Å². The molecule has 178 valence electrons. The Morgan fingerprint density at radius 3 is 2.53 bits per heavy atom. The molecule has 0 N–H and O–H groups in total. The first-order chi connectivity index (χ1) is 14.9. The van der Waals surface area contributed by atoms with Gasteiger partial charge in [-0.1, -0.05) is 44.0 Å². The molecule has 1 aromatic carbocycles. The van der Waals surface area contributed by atoms with E-state index in [4.69, 9.17) is 32.4 Å². The number of esters is 1. The van der Waals surface area contributed by atoms with E-state index in [0.717, 1.165) is 17.1 Å². The van der Waals surface area contributed by atoms with Crippen LogP contribution in [0.3, 0.4) is 0 Å². The van der Waals surface area contributed by atoms with Crippen molar-refractivity contribution in [2.45, 2.75) is 76.2 Å². The molecule has 32 heavy (non-hydrogen) atoms. The van der Waals surface area contributed by atoms with E-state index < -0.39 is 14.3 Å². The van der Waals surface area contributed by atoms with Gasteiger partial charge in [0.05, 0.1) is 35.1 Å². The number of imidazole rings is 1. The molecule has 0 amide bonds. The van der Waals surface area contributed by atoms with Crippen LogP contribution in [0.25, 0.3) is 0 Å². The lowest BCUT2D eigenvalue weighted by Crippen LogP contribution is -2.45. The van der Waals surface area contributed by atoms with E-state index in [1.807, 2.05) is 22.8 Å². The van der Waals surface area contributed by atoms with Crippen LogP contribution < -0.4 is 0 Å². The van der Waals surface area contributed by atoms with Crippen LogP contribution in [0, 0.1) is 0 Å². The molecular formula is C23H34Cl2N2O3SSi. The summed E-state index contributed by atoms with van der Waals surface area (Å²) in [5.41, 5.74) is 0.313. The summed E-state index contributed by atoms with van der Waals surface area (Å²) in [7, 11) is -1.97. The summed E-state index contributed by atoms with van der Waals surface area (Å²) in [4.78, 5) is 17.5. The van der Waals surface area contributed by atoms with E-state index in [0.29, 0.717) is 22.3 Å². The standard InChI is InChI=1S/C23H34Cl2N2O3SSi/c1-8-29-22(28)20-14-27(15-26-20)21(16(2)30-32(6,7)23(3,4)5)11-12-31-17-9-10-18(24)19(25)13-17/h9-10,13-16,21H,8,11-12H2,1-7H3/t16-,21+/m0/s1. The number of nitrogens with zero attached hydrogens (tertiary/aromatic N) is 2. The van der Waals surface area contributed by atoms with Crippen LogP contribution in [0.1, 0.15) is 57.6 Å². The molecule has 0 fully saturated rings. The zero-order valence-electron chi connectivity index (χ0n) is 19.9. The first-order valence-electron chi connectivity index (χ1n) is 10.8. The molecule has 0 aliphatic rings. The first-order valence-corrected chi connectivity index (χ1v) is 15.5. The van der Waals surface area contributed by atoms with E-state index in [1.165, 1.54) is 0 Å². The van der Waals surface area contributed by atoms with Gasteiger partial charge in [0.1, 0.15) is 0 Å². The highest BCUT2D eigenvalue weighted by Gasteiger charge is 2.40. The highest BCUT2D eigenvalue weighted by atomic mass is 35.5. The maximum absolute atomic E-state index is 12.1. The predicted molar refractivity (Wildman–Crippen MR) is 137 cm³/mol. The summed E-state index contributed by atoms with van der Waals surface area (Å²) in [6.45, 7) is 15.4. The van der Waals surface area contributed by atoms with Gasteiger partial charge in [0, 0.05) is 16.8 Å². The zero-order chi connectivity index (χ0) is 24.1. The largest absolute Gasteiger partial charge is 0.461 e. The van der Waals surface area contributed by atoms with Gasteiger partial charge in [0.25, 0.3) is 0 Å². The molecule has 1 aromatic heterocycles. The number of carbonyl (C=O) groups excluding carboxylic acids is 1. The van der Waals surface area contributed by atoms with Crippen molar-refractivity contribution in [3.8, 4) is 0 Å². The molecule has 2 rings (SSSR count). The average molecular weight is 518 g/mol. The molecule has 0 unspecified atom stereocenters. The number of hydrogen-bond acceptors (Lipinski definition) is 5. The number of ether oxygens (including phenoxy) is 1. The maximum atomic E-state index is 12.1. The Balaban J connectivity index is 2.20. The van der Waals surface area contributed by atoms with Crippen LogP contribution in [-0.2, 0) is 9.16 Å². The van der Waals surface area contributed by atoms with Gasteiger partial charge in [0.15, 0.2) is 14.0 Å². The molecule has 1 heterocycles. The molecule has 0 bridgehead atoms. The Kier molecular flexibility index (Phi) is 9.73. The van der Waals surface area contributed by atoms with Gasteiger partial charge in [-0.2, -0.15) is 0 Å². The second-order valence-corrected chi connectivity index (χ2v) is 16.0. The number of thioether (sulfide) groups is 1. The number of halogens is 2. The molecule has 2 aromatic rings. The minimum Gasteiger partial charge on any atom is -0.461 e. The van der Waals surface area contributed by atoms with Crippen LogP contribution in [0.4, 0.5) is 0 Å². The number of benzene rings is 1. The molecule has 0 radical (unpaired) electrons. The Labute approximate surface area is 207 Å². The van der Waals surface area contributed by atoms with Crippen molar-refractivity contribution >= 4 is 49.3 Å². The number of hydrogen-bond donors (Lipinski definition) is 0. The summed E-state index contributed by atoms with van der Waals surface area (Å²) < 4.78 is 13.8. The smallest absolute Gasteiger partial charge is 0.358 e. The van der Waals surface area contributed by atoms with Crippen molar-refractivity contribution in [3.63, 3.8) is 0 Å². The van der Waals surface area contributed by atoms with E-state index in [-0.39, 0.29) is 17.2 Å². The van der Waals surface area contributed by atoms with Gasteiger partial charge in [0.2, 0.25) is 0 Å². The van der Waals surface area contributed by atoms with Crippen LogP contribution in [0.5, 0.6) is 0 Å². The third kappa shape index (κ3) is 7.25. The molecule has 9 heteroatoms. The van der Waals surface area contributed by atoms with Crippen molar-refractivity contribution in [1.82, 2.24) is 9.55 Å². The van der Waals surface area contributed by atoms with Crippen LogP contribution in [-0.4, -0.2) is 42.3 Å². The first kappa shape index (κ1) is 27.3. The third-order valence-corrected chi connectivity index (χ3v) is 12.2. The molecule has 0 saturated carbocycles. The molecule has 5 nitrogen and oxygen atoms in total. The summed E-state index contributed by atoms with van der Waals surface area (Å²) >= 11 is 13.9. The van der Waals surface area contributed by atoms with Crippen LogP contribution >= 0.6 is 35.0 Å². The van der Waals surface area contributed by atoms with Gasteiger partial charge < -0.3 is 13.7 Å². The molecule has 0 spiro atoms. The third-order valence-electron chi connectivity index (χ3n) is 5.87. The summed E-state index contributed by atoms with van der Waals surface area (Å²) in [6, 6.07) is 5.69. The Morgan fingerprint density at radius 2 is 1.94 bits per heavy atom. The highest BCUT2D eigenvalue weighted by Crippen LogP contribution is 2.39. The predicted octanol–water partition coefficient (Wildman–Crippen LogP) is 7.50. The zero-order valence-corrected chi connectivity index (χ0v) is 23.3. The van der Waals surface area contributed by atoms with Gasteiger partial charge >= 0.3 is 5.97 Å². The number of carbonyl (C=O) groups is 1. The summed E-state index contributed by atoms with van der Waals surface area (Å²) in [5.74, 6) is 0.439. The molecule has 2 atom stereocenters. The quantitative estimate of drug-likeness (QED) is 0.186. The Morgan fingerprint density at radius 1 is 1.25 bits per heavy atom. The lowest BCUT2D eigenvalue weighted by atomic mass is 10.1. The Bertz CT molecular complexity index is 915. The number of rotatable bonds is 10. The molecule has 0 saturated heterocycles. The van der Waals surface area contributed by atoms with Crippen molar-refractivity contribution in [2.75, 3.05) is 12.4 Å². The van der Waals surface area contributed by atoms with Crippen molar-refractivity contribution in [1.29, 1.82) is 0 Å². The lowest BCUT2D eigenvalue weighted by molar-refractivity contribution is 0.0519. The van der Waals surface area contributed by atoms with Crippen molar-refractivity contribution in [2.24, 2.45) is 0 Å². The average Bonchev–Trinajstić information content (AvgIpc) is 3.16. The highest BCUT2D eigenvalue weighted by molar-refractivity contribution is 7.99. The van der Waals surface area contributed by atoms with E-state index in [9.17, 15) is 4.79 Å². The fourth-order valence-corrected chi connectivity index (χ4v) is 5.80. The SMILES string of the molecule is CCOC(=O)c1cn([C@H](CCSc2ccc(Cl)c(Cl)c2)[C@H](C)O[Si](C)(C)C(C)(C)C)cn1.